The van der Waals surface area contributed by atoms with E-state index in [4.69, 9.17) is 0 Å². The van der Waals surface area contributed by atoms with Crippen LogP contribution < -0.4 is 4.13 Å². The normalized spacial score (nSPS) is 15.3. The molecule has 3 rings (SSSR count). The van der Waals surface area contributed by atoms with E-state index in [0.29, 0.717) is 18.4 Å². The molecule has 0 saturated carbocycles. The van der Waals surface area contributed by atoms with Crippen LogP contribution in [-0.2, 0) is 38.6 Å². The summed E-state index contributed by atoms with van der Waals surface area (Å²) in [5.74, 6) is -0.353. The van der Waals surface area contributed by atoms with Gasteiger partial charge in [0.15, 0.2) is 0 Å². The lowest BCUT2D eigenvalue weighted by Gasteiger charge is -2.13. The van der Waals surface area contributed by atoms with Crippen molar-refractivity contribution in [2.24, 2.45) is 0 Å². The Morgan fingerprint density at radius 3 is 1.96 bits per heavy atom. The van der Waals surface area contributed by atoms with Crippen molar-refractivity contribution in [2.75, 3.05) is 0 Å². The molecule has 7 heteroatoms. The van der Waals surface area contributed by atoms with Crippen molar-refractivity contribution in [2.45, 2.75) is 37.7 Å². The summed E-state index contributed by atoms with van der Waals surface area (Å²) in [6.45, 7) is 3.76. The van der Waals surface area contributed by atoms with Crippen molar-refractivity contribution in [3.8, 4) is 0 Å². The summed E-state index contributed by atoms with van der Waals surface area (Å²) in [5, 5.41) is -0.751. The second kappa shape index (κ2) is 6.55. The first kappa shape index (κ1) is 18.1. The maximum atomic E-state index is 12.6. The molecule has 0 saturated heterocycles. The fraction of sp³-hybridized carbons (Fsp3) is 0.333. The lowest BCUT2D eigenvalue weighted by molar-refractivity contribution is 0.566. The first-order chi connectivity index (χ1) is 11.6. The Balaban J connectivity index is 1.76. The maximum absolute atomic E-state index is 12.6. The zero-order chi connectivity index (χ0) is 18.2. The van der Waals surface area contributed by atoms with Gasteiger partial charge in [0.2, 0.25) is 20.0 Å². The molecule has 0 spiro atoms. The van der Waals surface area contributed by atoms with E-state index in [1.807, 2.05) is 48.3 Å². The lowest BCUT2D eigenvalue weighted by atomic mass is 10.1. The van der Waals surface area contributed by atoms with Gasteiger partial charge >= 0.3 is 0 Å². The van der Waals surface area contributed by atoms with Crippen molar-refractivity contribution in [1.29, 1.82) is 0 Å². The van der Waals surface area contributed by atoms with Gasteiger partial charge in [0.1, 0.15) is 0 Å². The number of sulfonamides is 2. The number of nitrogens with one attached hydrogen (secondary N) is 1. The smallest absolute Gasteiger partial charge is 0.211 e. The quantitative estimate of drug-likeness (QED) is 0.864. The van der Waals surface area contributed by atoms with Gasteiger partial charge in [-0.15, -0.1) is 4.13 Å². The maximum Gasteiger partial charge on any atom is 0.228 e. The Labute approximate surface area is 149 Å². The Morgan fingerprint density at radius 1 is 0.920 bits per heavy atom. The SMILES string of the molecule is Cc1cc(C)cc(CS(=O)(=O)NS(=O)(=O)C2Cc3ccccc3C2)c1. The average molecular weight is 380 g/mol. The number of hydrogen-bond donors (Lipinski definition) is 1. The van der Waals surface area contributed by atoms with E-state index in [2.05, 4.69) is 0 Å². The third-order valence-corrected chi connectivity index (χ3v) is 8.20. The first-order valence-electron chi connectivity index (χ1n) is 8.04. The molecule has 2 aromatic carbocycles. The van der Waals surface area contributed by atoms with E-state index < -0.39 is 25.3 Å². The van der Waals surface area contributed by atoms with E-state index in [-0.39, 0.29) is 5.75 Å². The average Bonchev–Trinajstić information content (AvgIpc) is 2.89. The summed E-state index contributed by atoms with van der Waals surface area (Å²) in [7, 11) is -7.95. The largest absolute Gasteiger partial charge is 0.228 e. The van der Waals surface area contributed by atoms with Gasteiger partial charge in [-0.1, -0.05) is 53.6 Å². The second-order valence-electron chi connectivity index (χ2n) is 6.68. The standard InChI is InChI=1S/C18H21NO4S2/c1-13-7-14(2)9-15(8-13)12-24(20,21)19-25(22,23)18-10-16-5-3-4-6-17(16)11-18/h3-9,18-19H,10-12H2,1-2H3. The molecule has 134 valence electrons. The molecular weight excluding hydrogens is 358 g/mol. The third kappa shape index (κ3) is 4.29. The molecule has 0 unspecified atom stereocenters. The minimum atomic E-state index is -3.99. The summed E-state index contributed by atoms with van der Waals surface area (Å²) >= 11 is 0. The summed E-state index contributed by atoms with van der Waals surface area (Å²) in [6.07, 6.45) is 0.676. The van der Waals surface area contributed by atoms with E-state index in [9.17, 15) is 16.8 Å². The molecule has 1 aliphatic rings. The summed E-state index contributed by atoms with van der Waals surface area (Å²) in [6, 6.07) is 12.9. The topological polar surface area (TPSA) is 80.3 Å². The predicted octanol–water partition coefficient (Wildman–Crippen LogP) is 2.22. The fourth-order valence-corrected chi connectivity index (χ4v) is 6.98. The van der Waals surface area contributed by atoms with Crippen LogP contribution in [0.1, 0.15) is 27.8 Å². The van der Waals surface area contributed by atoms with E-state index >= 15 is 0 Å². The van der Waals surface area contributed by atoms with Crippen molar-refractivity contribution < 1.29 is 16.8 Å². The highest BCUT2D eigenvalue weighted by molar-refractivity contribution is 8.04. The Hall–Kier alpha value is -1.70. The van der Waals surface area contributed by atoms with Gasteiger partial charge in [0.25, 0.3) is 0 Å². The number of fused-ring (bicyclic) bond motifs is 1. The molecule has 0 aromatic heterocycles. The van der Waals surface area contributed by atoms with Gasteiger partial charge in [-0.05, 0) is 43.4 Å². The highest BCUT2D eigenvalue weighted by Crippen LogP contribution is 2.26. The molecule has 0 bridgehead atoms. The molecule has 1 N–H and O–H groups in total. The lowest BCUT2D eigenvalue weighted by Crippen LogP contribution is -2.39. The van der Waals surface area contributed by atoms with Crippen LogP contribution >= 0.6 is 0 Å². The Bertz CT molecular complexity index is 966. The molecule has 0 heterocycles. The molecule has 0 amide bonds. The molecule has 25 heavy (non-hydrogen) atoms. The van der Waals surface area contributed by atoms with Crippen LogP contribution in [0.3, 0.4) is 0 Å². The van der Waals surface area contributed by atoms with E-state index in [0.717, 1.165) is 22.3 Å². The van der Waals surface area contributed by atoms with Crippen LogP contribution in [0.2, 0.25) is 0 Å². The number of aryl methyl sites for hydroxylation is 2. The van der Waals surface area contributed by atoms with E-state index in [1.165, 1.54) is 0 Å². The molecule has 2 aromatic rings. The summed E-state index contributed by atoms with van der Waals surface area (Å²) < 4.78 is 51.8. The number of hydrogen-bond acceptors (Lipinski definition) is 4. The van der Waals surface area contributed by atoms with Crippen LogP contribution in [0.15, 0.2) is 42.5 Å². The predicted molar refractivity (Wildman–Crippen MR) is 98.2 cm³/mol. The van der Waals surface area contributed by atoms with Gasteiger partial charge in [-0.25, -0.2) is 16.8 Å². The molecule has 0 radical (unpaired) electrons. The van der Waals surface area contributed by atoms with Crippen LogP contribution in [0.5, 0.6) is 0 Å². The number of rotatable bonds is 5. The zero-order valence-electron chi connectivity index (χ0n) is 14.2. The van der Waals surface area contributed by atoms with E-state index in [1.54, 1.807) is 12.1 Å². The van der Waals surface area contributed by atoms with Crippen LogP contribution in [0, 0.1) is 13.8 Å². The third-order valence-electron chi connectivity index (χ3n) is 4.33. The van der Waals surface area contributed by atoms with Crippen LogP contribution in [-0.4, -0.2) is 22.1 Å². The molecule has 1 aliphatic carbocycles. The molecule has 0 atom stereocenters. The Kier molecular flexibility index (Phi) is 4.74. The number of benzene rings is 2. The molecule has 5 nitrogen and oxygen atoms in total. The van der Waals surface area contributed by atoms with Crippen molar-refractivity contribution in [1.82, 2.24) is 4.13 Å². The minimum Gasteiger partial charge on any atom is -0.211 e. The van der Waals surface area contributed by atoms with Gasteiger partial charge in [0.05, 0.1) is 11.0 Å². The second-order valence-corrected chi connectivity index (χ2v) is 10.6. The van der Waals surface area contributed by atoms with Gasteiger partial charge in [-0.3, -0.25) is 0 Å². The summed E-state index contributed by atoms with van der Waals surface area (Å²) in [5.41, 5.74) is 4.39. The Morgan fingerprint density at radius 2 is 1.44 bits per heavy atom. The van der Waals surface area contributed by atoms with Crippen molar-refractivity contribution in [3.63, 3.8) is 0 Å². The van der Waals surface area contributed by atoms with Crippen LogP contribution in [0.4, 0.5) is 0 Å². The van der Waals surface area contributed by atoms with Crippen LogP contribution in [0.25, 0.3) is 0 Å². The highest BCUT2D eigenvalue weighted by Gasteiger charge is 2.35. The zero-order valence-corrected chi connectivity index (χ0v) is 15.8. The minimum absolute atomic E-state index is 0.338. The summed E-state index contributed by atoms with van der Waals surface area (Å²) in [4.78, 5) is 0. The molecule has 0 fully saturated rings. The van der Waals surface area contributed by atoms with Gasteiger partial charge < -0.3 is 0 Å². The van der Waals surface area contributed by atoms with Gasteiger partial charge in [0, 0.05) is 0 Å². The fourth-order valence-electron chi connectivity index (χ4n) is 3.38. The molecular formula is C18H21NO4S2. The van der Waals surface area contributed by atoms with Gasteiger partial charge in [-0.2, -0.15) is 0 Å². The monoisotopic (exact) mass is 379 g/mol. The first-order valence-corrected chi connectivity index (χ1v) is 11.2. The molecule has 0 aliphatic heterocycles. The highest BCUT2D eigenvalue weighted by atomic mass is 32.3. The van der Waals surface area contributed by atoms with Crippen molar-refractivity contribution in [3.05, 3.63) is 70.3 Å². The van der Waals surface area contributed by atoms with Crippen molar-refractivity contribution >= 4 is 20.0 Å².